The molecule has 0 saturated heterocycles. The summed E-state index contributed by atoms with van der Waals surface area (Å²) in [6.45, 7) is 6.55. The van der Waals surface area contributed by atoms with Crippen LogP contribution in [0.5, 0.6) is 0 Å². The first kappa shape index (κ1) is 29.5. The van der Waals surface area contributed by atoms with E-state index in [1.54, 1.807) is 61.5 Å². The Kier molecular flexibility index (Phi) is 9.82. The summed E-state index contributed by atoms with van der Waals surface area (Å²) < 4.78 is 28.6. The number of nitrogens with zero attached hydrogens (tertiary/aromatic N) is 2. The van der Waals surface area contributed by atoms with Crippen LogP contribution in [0, 0.1) is 6.92 Å². The highest BCUT2D eigenvalue weighted by Crippen LogP contribution is 2.27. The Morgan fingerprint density at radius 1 is 0.921 bits per heavy atom. The molecule has 0 aliphatic carbocycles. The molecule has 0 aromatic heterocycles. The Bertz CT molecular complexity index is 1400. The zero-order valence-corrected chi connectivity index (χ0v) is 24.0. The van der Waals surface area contributed by atoms with Gasteiger partial charge >= 0.3 is 0 Å². The van der Waals surface area contributed by atoms with E-state index in [1.165, 1.54) is 23.1 Å². The lowest BCUT2D eigenvalue weighted by molar-refractivity contribution is -0.139. The van der Waals surface area contributed by atoms with Gasteiger partial charge in [0.15, 0.2) is 0 Å². The molecule has 3 rings (SSSR count). The molecule has 2 amide bonds. The zero-order valence-electron chi connectivity index (χ0n) is 21.7. The Morgan fingerprint density at radius 3 is 2.18 bits per heavy atom. The molecule has 0 radical (unpaired) electrons. The van der Waals surface area contributed by atoms with E-state index in [2.05, 4.69) is 5.32 Å². The number of rotatable bonds is 10. The fraction of sp³-hybridized carbons (Fsp3) is 0.286. The molecular weight excluding hydrogens is 545 g/mol. The minimum atomic E-state index is -4.16. The Labute approximate surface area is 234 Å². The van der Waals surface area contributed by atoms with Crippen molar-refractivity contribution in [1.82, 2.24) is 10.2 Å². The van der Waals surface area contributed by atoms with Crippen LogP contribution in [0.1, 0.15) is 31.9 Å². The normalized spacial score (nSPS) is 12.2. The maximum atomic E-state index is 13.9. The Morgan fingerprint density at radius 2 is 1.58 bits per heavy atom. The van der Waals surface area contributed by atoms with E-state index >= 15 is 0 Å². The van der Waals surface area contributed by atoms with Crippen molar-refractivity contribution < 1.29 is 18.0 Å². The van der Waals surface area contributed by atoms with Crippen LogP contribution in [0.3, 0.4) is 0 Å². The van der Waals surface area contributed by atoms with Gasteiger partial charge in [0.2, 0.25) is 11.8 Å². The lowest BCUT2D eigenvalue weighted by Gasteiger charge is -2.32. The number of halogens is 2. The molecule has 3 aromatic rings. The molecule has 1 atom stereocenters. The summed E-state index contributed by atoms with van der Waals surface area (Å²) >= 11 is 12.6. The van der Waals surface area contributed by atoms with Crippen molar-refractivity contribution in [1.29, 1.82) is 0 Å². The molecule has 3 aromatic carbocycles. The molecule has 7 nitrogen and oxygen atoms in total. The van der Waals surface area contributed by atoms with Gasteiger partial charge in [0.1, 0.15) is 12.6 Å². The maximum Gasteiger partial charge on any atom is 0.264 e. The Balaban J connectivity index is 2.04. The van der Waals surface area contributed by atoms with Crippen LogP contribution in [0.15, 0.2) is 77.7 Å². The van der Waals surface area contributed by atoms with Crippen molar-refractivity contribution in [2.45, 2.75) is 51.2 Å². The average molecular weight is 577 g/mol. The number of carbonyl (C=O) groups excluding carboxylic acids is 2. The van der Waals surface area contributed by atoms with Gasteiger partial charge in [-0.05, 0) is 69.7 Å². The number of hydrogen-bond donors (Lipinski definition) is 1. The molecule has 1 unspecified atom stereocenters. The van der Waals surface area contributed by atoms with Crippen molar-refractivity contribution in [3.63, 3.8) is 0 Å². The Hall–Kier alpha value is -3.07. The zero-order chi connectivity index (χ0) is 28.0. The second kappa shape index (κ2) is 12.7. The molecule has 1 N–H and O–H groups in total. The van der Waals surface area contributed by atoms with Crippen LogP contribution in [0.4, 0.5) is 5.69 Å². The average Bonchev–Trinajstić information content (AvgIpc) is 2.86. The summed E-state index contributed by atoms with van der Waals surface area (Å²) in [4.78, 5) is 28.2. The highest BCUT2D eigenvalue weighted by atomic mass is 35.5. The number of amides is 2. The van der Waals surface area contributed by atoms with E-state index in [9.17, 15) is 18.0 Å². The molecule has 0 bridgehead atoms. The summed E-state index contributed by atoms with van der Waals surface area (Å²) in [6.07, 6.45) is 0. The van der Waals surface area contributed by atoms with E-state index in [4.69, 9.17) is 23.2 Å². The fourth-order valence-electron chi connectivity index (χ4n) is 3.80. The number of anilines is 1. The van der Waals surface area contributed by atoms with Gasteiger partial charge in [-0.1, -0.05) is 65.2 Å². The molecule has 0 heterocycles. The first-order chi connectivity index (χ1) is 17.9. The number of aryl methyl sites for hydroxylation is 1. The van der Waals surface area contributed by atoms with Gasteiger partial charge in [0.25, 0.3) is 10.0 Å². The van der Waals surface area contributed by atoms with E-state index in [1.807, 2.05) is 20.8 Å². The molecule has 10 heteroatoms. The van der Waals surface area contributed by atoms with Crippen molar-refractivity contribution in [3.8, 4) is 0 Å². The van der Waals surface area contributed by atoms with Crippen molar-refractivity contribution in [3.05, 3.63) is 94.0 Å². The highest BCUT2D eigenvalue weighted by Gasteiger charge is 2.33. The maximum absolute atomic E-state index is 13.9. The summed E-state index contributed by atoms with van der Waals surface area (Å²) in [5.74, 6) is -0.942. The summed E-state index contributed by atoms with van der Waals surface area (Å²) in [5.41, 5.74) is 1.75. The van der Waals surface area contributed by atoms with E-state index in [0.717, 1.165) is 9.87 Å². The van der Waals surface area contributed by atoms with Crippen molar-refractivity contribution in [2.75, 3.05) is 10.8 Å². The van der Waals surface area contributed by atoms with Gasteiger partial charge in [-0.2, -0.15) is 0 Å². The van der Waals surface area contributed by atoms with Crippen LogP contribution in [0.2, 0.25) is 10.0 Å². The quantitative estimate of drug-likeness (QED) is 0.348. The second-order valence-electron chi connectivity index (χ2n) is 9.26. The summed E-state index contributed by atoms with van der Waals surface area (Å²) in [5, 5.41) is 3.56. The number of hydrogen-bond acceptors (Lipinski definition) is 4. The summed E-state index contributed by atoms with van der Waals surface area (Å²) in [7, 11) is -4.16. The number of carbonyl (C=O) groups is 2. The van der Waals surface area contributed by atoms with Crippen LogP contribution in [0.25, 0.3) is 0 Å². The summed E-state index contributed by atoms with van der Waals surface area (Å²) in [6, 6.07) is 18.6. The molecule has 0 aliphatic heterocycles. The first-order valence-corrected chi connectivity index (χ1v) is 14.3. The van der Waals surface area contributed by atoms with Crippen molar-refractivity contribution in [2.24, 2.45) is 0 Å². The van der Waals surface area contributed by atoms with Gasteiger partial charge in [0, 0.05) is 22.6 Å². The van der Waals surface area contributed by atoms with Crippen LogP contribution >= 0.6 is 23.2 Å². The van der Waals surface area contributed by atoms with Crippen molar-refractivity contribution >= 4 is 50.7 Å². The number of sulfonamides is 1. The smallest absolute Gasteiger partial charge is 0.264 e. The predicted molar refractivity (Wildman–Crippen MR) is 152 cm³/mol. The van der Waals surface area contributed by atoms with Gasteiger partial charge in [-0.25, -0.2) is 8.42 Å². The lowest BCUT2D eigenvalue weighted by atomic mass is 10.1. The number of nitrogens with one attached hydrogen (secondary N) is 1. The highest BCUT2D eigenvalue weighted by molar-refractivity contribution is 7.92. The van der Waals surface area contributed by atoms with E-state index in [-0.39, 0.29) is 29.1 Å². The van der Waals surface area contributed by atoms with Gasteiger partial charge in [0.05, 0.1) is 10.6 Å². The molecular formula is C28H31Cl2N3O4S. The SMILES string of the molecule is Cc1ccc(S(=O)(=O)N(CC(=O)N(Cc2ccccc2Cl)C(C)C(=O)NC(C)C)c2cccc(Cl)c2)cc1. The second-order valence-corrected chi connectivity index (χ2v) is 12.0. The number of benzene rings is 3. The minimum Gasteiger partial charge on any atom is -0.352 e. The van der Waals surface area contributed by atoms with Gasteiger partial charge < -0.3 is 10.2 Å². The molecule has 0 saturated carbocycles. The third kappa shape index (κ3) is 7.28. The van der Waals surface area contributed by atoms with Gasteiger partial charge in [-0.15, -0.1) is 0 Å². The van der Waals surface area contributed by atoms with Crippen LogP contribution in [-0.2, 0) is 26.2 Å². The molecule has 202 valence electrons. The molecule has 0 fully saturated rings. The standard InChI is InChI=1S/C28H31Cl2N3O4S/c1-19(2)31-28(35)21(4)32(17-22-8-5-6-11-26(22)30)27(34)18-33(24-10-7-9-23(29)16-24)38(36,37)25-14-12-20(3)13-15-25/h5-16,19,21H,17-18H2,1-4H3,(H,31,35). The van der Waals surface area contributed by atoms with Crippen LogP contribution < -0.4 is 9.62 Å². The largest absolute Gasteiger partial charge is 0.352 e. The molecule has 38 heavy (non-hydrogen) atoms. The molecule has 0 aliphatic rings. The first-order valence-electron chi connectivity index (χ1n) is 12.1. The fourth-order valence-corrected chi connectivity index (χ4v) is 5.58. The van der Waals surface area contributed by atoms with Gasteiger partial charge in [-0.3, -0.25) is 13.9 Å². The predicted octanol–water partition coefficient (Wildman–Crippen LogP) is 5.44. The molecule has 0 spiro atoms. The third-order valence-electron chi connectivity index (χ3n) is 5.88. The monoisotopic (exact) mass is 575 g/mol. The van der Waals surface area contributed by atoms with E-state index in [0.29, 0.717) is 15.6 Å². The topological polar surface area (TPSA) is 86.8 Å². The third-order valence-corrected chi connectivity index (χ3v) is 8.27. The minimum absolute atomic E-state index is 0.0130. The van der Waals surface area contributed by atoms with Crippen LogP contribution in [-0.4, -0.2) is 43.8 Å². The lowest BCUT2D eigenvalue weighted by Crippen LogP contribution is -2.52. The van der Waals surface area contributed by atoms with E-state index < -0.39 is 28.5 Å².